The van der Waals surface area contributed by atoms with Gasteiger partial charge in [0.15, 0.2) is 5.76 Å². The molecule has 96 valence electrons. The van der Waals surface area contributed by atoms with E-state index < -0.39 is 0 Å². The number of nitrogens with one attached hydrogen (secondary N) is 2. The SMILES string of the molecule is CC1(NCc2nc(-c3ccco3)no2)CCNC1. The molecule has 0 aromatic carbocycles. The summed E-state index contributed by atoms with van der Waals surface area (Å²) in [7, 11) is 0. The van der Waals surface area contributed by atoms with Gasteiger partial charge in [-0.1, -0.05) is 5.16 Å². The Morgan fingerprint density at radius 3 is 3.22 bits per heavy atom. The molecule has 18 heavy (non-hydrogen) atoms. The number of furan rings is 1. The van der Waals surface area contributed by atoms with Crippen molar-refractivity contribution in [2.45, 2.75) is 25.4 Å². The number of hydrogen-bond acceptors (Lipinski definition) is 6. The Morgan fingerprint density at radius 2 is 2.50 bits per heavy atom. The van der Waals surface area contributed by atoms with Gasteiger partial charge in [0.05, 0.1) is 12.8 Å². The van der Waals surface area contributed by atoms with Crippen molar-refractivity contribution in [3.63, 3.8) is 0 Å². The normalized spacial score (nSPS) is 23.6. The molecular weight excluding hydrogens is 232 g/mol. The number of nitrogens with zero attached hydrogens (tertiary/aromatic N) is 2. The van der Waals surface area contributed by atoms with E-state index in [1.807, 2.05) is 6.07 Å². The molecule has 1 saturated heterocycles. The predicted octanol–water partition coefficient (Wildman–Crippen LogP) is 1.17. The first kappa shape index (κ1) is 11.4. The summed E-state index contributed by atoms with van der Waals surface area (Å²) in [4.78, 5) is 4.29. The van der Waals surface area contributed by atoms with Crippen molar-refractivity contribution in [2.24, 2.45) is 0 Å². The fourth-order valence-electron chi connectivity index (χ4n) is 2.09. The van der Waals surface area contributed by atoms with Gasteiger partial charge in [0.2, 0.25) is 11.7 Å². The molecule has 0 saturated carbocycles. The monoisotopic (exact) mass is 248 g/mol. The topological polar surface area (TPSA) is 76.1 Å². The summed E-state index contributed by atoms with van der Waals surface area (Å²) in [6, 6.07) is 3.61. The van der Waals surface area contributed by atoms with Crippen LogP contribution in [0.25, 0.3) is 11.6 Å². The molecule has 2 N–H and O–H groups in total. The third-order valence-electron chi connectivity index (χ3n) is 3.24. The Hall–Kier alpha value is -1.66. The second kappa shape index (κ2) is 4.55. The van der Waals surface area contributed by atoms with Gasteiger partial charge in [0.1, 0.15) is 0 Å². The molecule has 1 unspecified atom stereocenters. The molecule has 1 aliphatic heterocycles. The minimum Gasteiger partial charge on any atom is -0.461 e. The largest absolute Gasteiger partial charge is 0.461 e. The molecular formula is C12H16N4O2. The van der Waals surface area contributed by atoms with Gasteiger partial charge in [-0.25, -0.2) is 0 Å². The molecule has 1 aliphatic rings. The van der Waals surface area contributed by atoms with E-state index in [0.29, 0.717) is 24.0 Å². The highest BCUT2D eigenvalue weighted by atomic mass is 16.5. The first-order valence-electron chi connectivity index (χ1n) is 6.07. The number of rotatable bonds is 4. The molecule has 3 rings (SSSR count). The van der Waals surface area contributed by atoms with E-state index in [4.69, 9.17) is 8.94 Å². The Morgan fingerprint density at radius 1 is 1.56 bits per heavy atom. The highest BCUT2D eigenvalue weighted by Crippen LogP contribution is 2.17. The van der Waals surface area contributed by atoms with Crippen LogP contribution in [0.1, 0.15) is 19.2 Å². The summed E-state index contributed by atoms with van der Waals surface area (Å²) < 4.78 is 10.4. The molecule has 1 fully saturated rings. The molecule has 0 radical (unpaired) electrons. The van der Waals surface area contributed by atoms with Crippen LogP contribution in [0.3, 0.4) is 0 Å². The van der Waals surface area contributed by atoms with Gasteiger partial charge in [-0.15, -0.1) is 0 Å². The van der Waals surface area contributed by atoms with Gasteiger partial charge >= 0.3 is 0 Å². The molecule has 2 aromatic heterocycles. The van der Waals surface area contributed by atoms with E-state index >= 15 is 0 Å². The summed E-state index contributed by atoms with van der Waals surface area (Å²) in [6.45, 7) is 4.78. The van der Waals surface area contributed by atoms with Crippen molar-refractivity contribution < 1.29 is 8.94 Å². The molecule has 0 aliphatic carbocycles. The van der Waals surface area contributed by atoms with E-state index in [2.05, 4.69) is 27.7 Å². The summed E-state index contributed by atoms with van der Waals surface area (Å²) in [6.07, 6.45) is 2.70. The minimum atomic E-state index is 0.110. The smallest absolute Gasteiger partial charge is 0.241 e. The van der Waals surface area contributed by atoms with Crippen molar-refractivity contribution in [1.82, 2.24) is 20.8 Å². The van der Waals surface area contributed by atoms with Crippen molar-refractivity contribution in [2.75, 3.05) is 13.1 Å². The van der Waals surface area contributed by atoms with Crippen LogP contribution in [0.15, 0.2) is 27.3 Å². The average Bonchev–Trinajstić information content (AvgIpc) is 3.08. The maximum absolute atomic E-state index is 5.22. The lowest BCUT2D eigenvalue weighted by Gasteiger charge is -2.23. The van der Waals surface area contributed by atoms with Gasteiger partial charge in [-0.05, 0) is 32.0 Å². The summed E-state index contributed by atoms with van der Waals surface area (Å²) in [5, 5.41) is 10.7. The Kier molecular flexibility index (Phi) is 2.89. The maximum atomic E-state index is 5.22. The zero-order valence-electron chi connectivity index (χ0n) is 10.3. The Balaban J connectivity index is 1.64. The predicted molar refractivity (Wildman–Crippen MR) is 64.7 cm³/mol. The van der Waals surface area contributed by atoms with Crippen LogP contribution in [0, 0.1) is 0 Å². The minimum absolute atomic E-state index is 0.110. The van der Waals surface area contributed by atoms with Gasteiger partial charge in [-0.2, -0.15) is 4.98 Å². The van der Waals surface area contributed by atoms with Crippen LogP contribution >= 0.6 is 0 Å². The van der Waals surface area contributed by atoms with E-state index in [1.165, 1.54) is 0 Å². The fraction of sp³-hybridized carbons (Fsp3) is 0.500. The van der Waals surface area contributed by atoms with E-state index in [9.17, 15) is 0 Å². The lowest BCUT2D eigenvalue weighted by Crippen LogP contribution is -2.43. The quantitative estimate of drug-likeness (QED) is 0.846. The Bertz CT molecular complexity index is 500. The van der Waals surface area contributed by atoms with Crippen molar-refractivity contribution in [3.05, 3.63) is 24.3 Å². The van der Waals surface area contributed by atoms with Gasteiger partial charge in [0.25, 0.3) is 0 Å². The first-order chi connectivity index (χ1) is 8.75. The van der Waals surface area contributed by atoms with Crippen LogP contribution in [-0.2, 0) is 6.54 Å². The Labute approximate surface area is 105 Å². The first-order valence-corrected chi connectivity index (χ1v) is 6.07. The average molecular weight is 248 g/mol. The molecule has 2 aromatic rings. The van der Waals surface area contributed by atoms with Gasteiger partial charge in [-0.3, -0.25) is 0 Å². The van der Waals surface area contributed by atoms with Crippen molar-refractivity contribution >= 4 is 0 Å². The third-order valence-corrected chi connectivity index (χ3v) is 3.24. The van der Waals surface area contributed by atoms with Gasteiger partial charge in [0, 0.05) is 12.1 Å². The highest BCUT2D eigenvalue weighted by molar-refractivity contribution is 5.44. The van der Waals surface area contributed by atoms with Crippen LogP contribution in [0.4, 0.5) is 0 Å². The molecule has 0 bridgehead atoms. The molecule has 6 nitrogen and oxygen atoms in total. The van der Waals surface area contributed by atoms with E-state index in [-0.39, 0.29) is 5.54 Å². The molecule has 0 spiro atoms. The summed E-state index contributed by atoms with van der Waals surface area (Å²) in [5.41, 5.74) is 0.110. The van der Waals surface area contributed by atoms with Crippen LogP contribution < -0.4 is 10.6 Å². The zero-order chi connectivity index (χ0) is 12.4. The van der Waals surface area contributed by atoms with E-state index in [1.54, 1.807) is 12.3 Å². The van der Waals surface area contributed by atoms with Crippen LogP contribution in [0.5, 0.6) is 0 Å². The number of hydrogen-bond donors (Lipinski definition) is 2. The second-order valence-corrected chi connectivity index (χ2v) is 4.83. The molecule has 6 heteroatoms. The van der Waals surface area contributed by atoms with Crippen molar-refractivity contribution in [3.8, 4) is 11.6 Å². The van der Waals surface area contributed by atoms with Gasteiger partial charge < -0.3 is 19.6 Å². The second-order valence-electron chi connectivity index (χ2n) is 4.83. The number of aromatic nitrogens is 2. The maximum Gasteiger partial charge on any atom is 0.241 e. The molecule has 3 heterocycles. The van der Waals surface area contributed by atoms with Crippen LogP contribution in [0.2, 0.25) is 0 Å². The summed E-state index contributed by atoms with van der Waals surface area (Å²) >= 11 is 0. The highest BCUT2D eigenvalue weighted by Gasteiger charge is 2.28. The molecule has 1 atom stereocenters. The van der Waals surface area contributed by atoms with Crippen LogP contribution in [-0.4, -0.2) is 28.8 Å². The van der Waals surface area contributed by atoms with E-state index in [0.717, 1.165) is 19.5 Å². The lowest BCUT2D eigenvalue weighted by atomic mass is 10.0. The zero-order valence-corrected chi connectivity index (χ0v) is 10.3. The lowest BCUT2D eigenvalue weighted by molar-refractivity contribution is 0.323. The fourth-order valence-corrected chi connectivity index (χ4v) is 2.09. The standard InChI is InChI=1S/C12H16N4O2/c1-12(4-5-13-8-12)14-7-10-15-11(16-18-10)9-3-2-6-17-9/h2-3,6,13-14H,4-5,7-8H2,1H3. The molecule has 0 amide bonds. The third kappa shape index (κ3) is 2.30. The summed E-state index contributed by atoms with van der Waals surface area (Å²) in [5.74, 6) is 1.69. The van der Waals surface area contributed by atoms with Crippen molar-refractivity contribution in [1.29, 1.82) is 0 Å².